The Morgan fingerprint density at radius 3 is 2.41 bits per heavy atom. The minimum absolute atomic E-state index is 0.00498. The van der Waals surface area contributed by atoms with Gasteiger partial charge < -0.3 is 0 Å². The Hall–Kier alpha value is -2.97. The Labute approximate surface area is 193 Å². The molecule has 2 heterocycles. The fourth-order valence-electron chi connectivity index (χ4n) is 3.17. The molecular weight excluding hydrogens is 450 g/mol. The molecule has 0 spiro atoms. The topological polar surface area (TPSA) is 89.2 Å². The van der Waals surface area contributed by atoms with Crippen molar-refractivity contribution in [3.05, 3.63) is 82.4 Å². The summed E-state index contributed by atoms with van der Waals surface area (Å²) in [5, 5.41) is 0.194. The van der Waals surface area contributed by atoms with E-state index in [4.69, 9.17) is 16.4 Å². The first kappa shape index (κ1) is 23.7. The second-order valence-electron chi connectivity index (χ2n) is 8.27. The number of hydrogen-bond acceptors (Lipinski definition) is 5. The largest absolute Gasteiger partial charge is 0.287 e. The van der Waals surface area contributed by atoms with Crippen molar-refractivity contribution in [2.75, 3.05) is 11.8 Å². The molecule has 0 saturated carbocycles. The molecule has 7 nitrogen and oxygen atoms in total. The maximum Gasteiger partial charge on any atom is 0.261 e. The van der Waals surface area contributed by atoms with Gasteiger partial charge in [0.05, 0.1) is 21.2 Å². The van der Waals surface area contributed by atoms with Gasteiger partial charge in [-0.25, -0.2) is 13.4 Å². The van der Waals surface area contributed by atoms with Crippen molar-refractivity contribution in [2.24, 2.45) is 0 Å². The third-order valence-corrected chi connectivity index (χ3v) is 6.58. The Balaban J connectivity index is 2.01. The molecule has 0 aliphatic carbocycles. The van der Waals surface area contributed by atoms with Gasteiger partial charge in [0.15, 0.2) is 0 Å². The Morgan fingerprint density at radius 1 is 1.16 bits per heavy atom. The highest BCUT2D eigenvalue weighted by Crippen LogP contribution is 2.27. The van der Waals surface area contributed by atoms with E-state index < -0.39 is 15.8 Å². The lowest BCUT2D eigenvalue weighted by molar-refractivity contribution is -0.889. The van der Waals surface area contributed by atoms with Crippen LogP contribution >= 0.6 is 11.6 Å². The molecule has 32 heavy (non-hydrogen) atoms. The minimum atomic E-state index is -3.98. The van der Waals surface area contributed by atoms with Crippen LogP contribution in [-0.4, -0.2) is 26.3 Å². The summed E-state index contributed by atoms with van der Waals surface area (Å²) in [5.74, 6) is -0.466. The molecule has 1 N–H and O–H groups in total. The number of halogens is 1. The highest BCUT2D eigenvalue weighted by Gasteiger charge is 2.26. The lowest BCUT2D eigenvalue weighted by Crippen LogP contribution is -2.44. The van der Waals surface area contributed by atoms with Crippen LogP contribution in [0.4, 0.5) is 5.69 Å². The normalized spacial score (nSPS) is 11.8. The van der Waals surface area contributed by atoms with Gasteiger partial charge in [0.1, 0.15) is 12.8 Å². The lowest BCUT2D eigenvalue weighted by atomic mass is 9.87. The molecule has 0 bridgehead atoms. The van der Waals surface area contributed by atoms with E-state index in [0.717, 1.165) is 5.56 Å². The summed E-state index contributed by atoms with van der Waals surface area (Å²) >= 11 is 6.06. The van der Waals surface area contributed by atoms with Gasteiger partial charge in [0, 0.05) is 23.9 Å². The average molecular weight is 475 g/mol. The molecule has 0 fully saturated rings. The van der Waals surface area contributed by atoms with Crippen molar-refractivity contribution in [1.82, 2.24) is 4.98 Å². The van der Waals surface area contributed by atoms with Crippen molar-refractivity contribution in [1.29, 1.82) is 0 Å². The van der Waals surface area contributed by atoms with Gasteiger partial charge >= 0.3 is 0 Å². The van der Waals surface area contributed by atoms with Crippen LogP contribution in [0.1, 0.15) is 48.1 Å². The smallest absolute Gasteiger partial charge is 0.261 e. The van der Waals surface area contributed by atoms with Crippen molar-refractivity contribution in [2.45, 2.75) is 38.0 Å². The molecule has 9 heteroatoms. The fourth-order valence-corrected chi connectivity index (χ4v) is 4.38. The zero-order valence-corrected chi connectivity index (χ0v) is 20.1. The van der Waals surface area contributed by atoms with Crippen LogP contribution in [0.5, 0.6) is 0 Å². The third-order valence-electron chi connectivity index (χ3n) is 4.99. The van der Waals surface area contributed by atoms with E-state index >= 15 is 0 Å². The van der Waals surface area contributed by atoms with E-state index in [1.807, 2.05) is 20.8 Å². The molecule has 0 saturated heterocycles. The van der Waals surface area contributed by atoms with Gasteiger partial charge in [-0.1, -0.05) is 44.5 Å². The molecule has 0 aliphatic rings. The molecule has 3 rings (SSSR count). The number of rotatable bonds is 6. The predicted octanol–water partition coefficient (Wildman–Crippen LogP) is 3.72. The number of ketones is 1. The molecule has 2 aromatic heterocycles. The lowest BCUT2D eigenvalue weighted by Gasteiger charge is -2.19. The van der Waals surface area contributed by atoms with Crippen LogP contribution in [-0.2, 0) is 15.4 Å². The number of carbonyl (C=O) groups excluding carboxylic acids is 1. The number of carbonyl (C=O) groups is 1. The Morgan fingerprint density at radius 2 is 1.81 bits per heavy atom. The number of sulfonamides is 1. The summed E-state index contributed by atoms with van der Waals surface area (Å²) in [5.41, 5.74) is 1.68. The zero-order valence-electron chi connectivity index (χ0n) is 18.5. The standard InChI is InChI=1S/C23H24ClN3O4S/c1-15-19(7-6-12-27(15)31-5)22(28)21-20(13-17(24)14-25-21)26-32(29,30)18-10-8-16(9-11-18)23(2,3)4/h6-14H,1-5H3/p+1. The number of nitrogens with zero attached hydrogens (tertiary/aromatic N) is 2. The second-order valence-corrected chi connectivity index (χ2v) is 10.4. The molecule has 0 aliphatic heterocycles. The number of nitrogens with one attached hydrogen (secondary N) is 1. The van der Waals surface area contributed by atoms with Gasteiger partial charge in [-0.15, -0.1) is 0 Å². The quantitative estimate of drug-likeness (QED) is 0.434. The first-order valence-electron chi connectivity index (χ1n) is 9.83. The van der Waals surface area contributed by atoms with Crippen LogP contribution < -0.4 is 14.3 Å². The van der Waals surface area contributed by atoms with Crippen LogP contribution in [0.25, 0.3) is 0 Å². The van der Waals surface area contributed by atoms with E-state index in [0.29, 0.717) is 11.3 Å². The van der Waals surface area contributed by atoms with Gasteiger partial charge in [-0.2, -0.15) is 0 Å². The monoisotopic (exact) mass is 474 g/mol. The van der Waals surface area contributed by atoms with Crippen molar-refractivity contribution in [3.63, 3.8) is 0 Å². The molecule has 0 unspecified atom stereocenters. The fraction of sp³-hybridized carbons (Fsp3) is 0.261. The van der Waals surface area contributed by atoms with E-state index in [1.165, 1.54) is 36.2 Å². The summed E-state index contributed by atoms with van der Waals surface area (Å²) in [6.07, 6.45) is 2.96. The predicted molar refractivity (Wildman–Crippen MR) is 123 cm³/mol. The van der Waals surface area contributed by atoms with Gasteiger partial charge in [-0.05, 0) is 35.2 Å². The molecule has 0 radical (unpaired) electrons. The molecule has 3 aromatic rings. The summed E-state index contributed by atoms with van der Waals surface area (Å²) < 4.78 is 30.0. The van der Waals surface area contributed by atoms with Crippen LogP contribution in [0, 0.1) is 6.92 Å². The van der Waals surface area contributed by atoms with Crippen molar-refractivity contribution < 1.29 is 22.8 Å². The molecule has 168 valence electrons. The Kier molecular flexibility index (Phi) is 6.57. The summed E-state index contributed by atoms with van der Waals surface area (Å²) in [4.78, 5) is 22.6. The van der Waals surface area contributed by atoms with Crippen molar-refractivity contribution in [3.8, 4) is 0 Å². The SMILES string of the molecule is CO[n+]1cccc(C(=O)c2ncc(Cl)cc2NS(=O)(=O)c2ccc(C(C)(C)C)cc2)c1C. The average Bonchev–Trinajstić information content (AvgIpc) is 2.73. The number of aromatic nitrogens is 2. The van der Waals surface area contributed by atoms with E-state index in [-0.39, 0.29) is 26.7 Å². The van der Waals surface area contributed by atoms with E-state index in [1.54, 1.807) is 37.4 Å². The maximum atomic E-state index is 13.2. The first-order chi connectivity index (χ1) is 14.9. The highest BCUT2D eigenvalue weighted by molar-refractivity contribution is 7.92. The molecular formula is C23H25ClN3O4S+. The number of hydrogen-bond donors (Lipinski definition) is 1. The van der Waals surface area contributed by atoms with Crippen LogP contribution in [0.2, 0.25) is 5.02 Å². The second kappa shape index (κ2) is 8.88. The summed E-state index contributed by atoms with van der Waals surface area (Å²) in [6, 6.07) is 11.2. The third kappa shape index (κ3) is 4.92. The van der Waals surface area contributed by atoms with E-state index in [9.17, 15) is 13.2 Å². The molecule has 0 amide bonds. The molecule has 1 aromatic carbocycles. The maximum absolute atomic E-state index is 13.2. The highest BCUT2D eigenvalue weighted by atomic mass is 35.5. The van der Waals surface area contributed by atoms with Crippen molar-refractivity contribution >= 4 is 33.1 Å². The minimum Gasteiger partial charge on any atom is -0.287 e. The van der Waals surface area contributed by atoms with E-state index in [2.05, 4.69) is 9.71 Å². The van der Waals surface area contributed by atoms with Crippen LogP contribution in [0.3, 0.4) is 0 Å². The summed E-state index contributed by atoms with van der Waals surface area (Å²) in [6.45, 7) is 7.85. The summed E-state index contributed by atoms with van der Waals surface area (Å²) in [7, 11) is -2.51. The van der Waals surface area contributed by atoms with Gasteiger partial charge in [-0.3, -0.25) is 14.4 Å². The Bertz CT molecular complexity index is 1270. The number of pyridine rings is 2. The molecule has 0 atom stereocenters. The first-order valence-corrected chi connectivity index (χ1v) is 11.7. The van der Waals surface area contributed by atoms with Gasteiger partial charge in [0.2, 0.25) is 17.7 Å². The number of anilines is 1. The van der Waals surface area contributed by atoms with Crippen LogP contribution in [0.15, 0.2) is 59.8 Å². The van der Waals surface area contributed by atoms with Gasteiger partial charge in [0.25, 0.3) is 10.0 Å². The number of benzene rings is 1. The zero-order chi connectivity index (χ0) is 23.7.